The first-order valence-corrected chi connectivity index (χ1v) is 5.67. The number of rotatable bonds is 0. The van der Waals surface area contributed by atoms with Crippen molar-refractivity contribution >= 4 is 9.85 Å². The molecule has 2 N–H and O–H groups in total. The molecule has 0 bridgehead atoms. The van der Waals surface area contributed by atoms with Crippen molar-refractivity contribution in [2.24, 2.45) is 0 Å². The predicted molar refractivity (Wildman–Crippen MR) is 41.2 cm³/mol. The summed E-state index contributed by atoms with van der Waals surface area (Å²) >= 11 is -1.09. The third-order valence-electron chi connectivity index (χ3n) is 0. The fourth-order valence-corrected chi connectivity index (χ4v) is 0. The summed E-state index contributed by atoms with van der Waals surface area (Å²) in [6, 6.07) is 0. The van der Waals surface area contributed by atoms with Gasteiger partial charge in [0.25, 0.3) is 0 Å². The van der Waals surface area contributed by atoms with E-state index in [0.29, 0.717) is 0 Å². The number of hydrogen-bond donors (Lipinski definition) is 2. The summed E-state index contributed by atoms with van der Waals surface area (Å²) in [4.78, 5) is 0. The molecule has 0 aliphatic carbocycles. The van der Waals surface area contributed by atoms with Crippen LogP contribution in [0.5, 0.6) is 0 Å². The standard InChI is InChI=1S/2C3H8O.ClH.O.V/c2*1-3(2)4;;;/h2*3-4H,1-2H3;1H;;/q;;;;+1/p-1. The Balaban J connectivity index is -0.0000000886. The van der Waals surface area contributed by atoms with E-state index in [1.807, 2.05) is 0 Å². The molecule has 0 fully saturated rings. The maximum absolute atomic E-state index is 8.79. The van der Waals surface area contributed by atoms with Gasteiger partial charge in [0.05, 0.1) is 0 Å². The molecular formula is C6H16ClO3V. The van der Waals surface area contributed by atoms with E-state index in [1.54, 1.807) is 27.7 Å². The first-order chi connectivity index (χ1) is 4.88. The van der Waals surface area contributed by atoms with E-state index >= 15 is 0 Å². The molecule has 0 rings (SSSR count). The van der Waals surface area contributed by atoms with Gasteiger partial charge in [0.2, 0.25) is 0 Å². The minimum absolute atomic E-state index is 0.167. The van der Waals surface area contributed by atoms with Crippen LogP contribution in [0.4, 0.5) is 0 Å². The van der Waals surface area contributed by atoms with Crippen molar-refractivity contribution in [2.45, 2.75) is 39.9 Å². The molecule has 0 heterocycles. The summed E-state index contributed by atoms with van der Waals surface area (Å²) in [5.41, 5.74) is 0. The number of halogens is 1. The minimum atomic E-state index is -1.09. The molecule has 0 unspecified atom stereocenters. The average Bonchev–Trinajstić information content (AvgIpc) is 1.60. The SMILES string of the molecule is CC(C)O.CC(C)O.[O]=[V][Cl]. The monoisotopic (exact) mass is 222 g/mol. The molecular weight excluding hydrogens is 206 g/mol. The molecule has 0 aliphatic heterocycles. The van der Waals surface area contributed by atoms with E-state index in [9.17, 15) is 0 Å². The van der Waals surface area contributed by atoms with Gasteiger partial charge in [0.1, 0.15) is 0 Å². The Morgan fingerprint density at radius 1 is 1.09 bits per heavy atom. The van der Waals surface area contributed by atoms with Gasteiger partial charge in [-0.1, -0.05) is 0 Å². The van der Waals surface area contributed by atoms with Crippen molar-refractivity contribution in [1.29, 1.82) is 0 Å². The molecule has 0 aromatic rings. The van der Waals surface area contributed by atoms with Crippen LogP contribution in [0.1, 0.15) is 27.7 Å². The molecule has 0 saturated heterocycles. The zero-order valence-electron chi connectivity index (χ0n) is 7.28. The third kappa shape index (κ3) is 2210. The van der Waals surface area contributed by atoms with E-state index in [2.05, 4.69) is 9.85 Å². The molecule has 70 valence electrons. The van der Waals surface area contributed by atoms with E-state index in [-0.39, 0.29) is 12.2 Å². The first kappa shape index (κ1) is 17.6. The molecule has 0 atom stereocenters. The molecule has 0 aromatic carbocycles. The van der Waals surface area contributed by atoms with Crippen LogP contribution < -0.4 is 0 Å². The van der Waals surface area contributed by atoms with E-state index in [4.69, 9.17) is 13.9 Å². The van der Waals surface area contributed by atoms with Crippen LogP contribution in [0.3, 0.4) is 0 Å². The summed E-state index contributed by atoms with van der Waals surface area (Å²) in [6.45, 7) is 6.89. The molecule has 0 radical (unpaired) electrons. The van der Waals surface area contributed by atoms with Gasteiger partial charge in [-0.3, -0.25) is 0 Å². The summed E-state index contributed by atoms with van der Waals surface area (Å²) in [5, 5.41) is 16.1. The first-order valence-electron chi connectivity index (χ1n) is 3.18. The Bertz CT molecular complexity index is 57.3. The molecule has 3 nitrogen and oxygen atoms in total. The van der Waals surface area contributed by atoms with Gasteiger partial charge in [0, 0.05) is 12.2 Å². The quantitative estimate of drug-likeness (QED) is 0.650. The molecule has 11 heavy (non-hydrogen) atoms. The van der Waals surface area contributed by atoms with Gasteiger partial charge in [-0.25, -0.2) is 0 Å². The van der Waals surface area contributed by atoms with Gasteiger partial charge in [-0.15, -0.1) is 0 Å². The number of aliphatic hydroxyl groups excluding tert-OH is 2. The summed E-state index contributed by atoms with van der Waals surface area (Å²) in [7, 11) is 4.54. The predicted octanol–water partition coefficient (Wildman–Crippen LogP) is 1.34. The van der Waals surface area contributed by atoms with Crippen molar-refractivity contribution < 1.29 is 29.2 Å². The van der Waals surface area contributed by atoms with Crippen LogP contribution in [-0.2, 0) is 19.0 Å². The van der Waals surface area contributed by atoms with Crippen LogP contribution in [0.25, 0.3) is 0 Å². The Hall–Kier alpha value is 0.594. The van der Waals surface area contributed by atoms with Gasteiger partial charge in [0.15, 0.2) is 0 Å². The van der Waals surface area contributed by atoms with Crippen molar-refractivity contribution in [1.82, 2.24) is 0 Å². The Kier molecular flexibility index (Phi) is 27.1. The van der Waals surface area contributed by atoms with Crippen molar-refractivity contribution in [2.75, 3.05) is 0 Å². The van der Waals surface area contributed by atoms with Gasteiger partial charge >= 0.3 is 28.8 Å². The van der Waals surface area contributed by atoms with Gasteiger partial charge < -0.3 is 10.2 Å². The average molecular weight is 223 g/mol. The molecule has 0 aliphatic rings. The van der Waals surface area contributed by atoms with Crippen LogP contribution in [0, 0.1) is 0 Å². The second-order valence-electron chi connectivity index (χ2n) is 2.26. The molecule has 5 heteroatoms. The Morgan fingerprint density at radius 3 is 1.09 bits per heavy atom. The fraction of sp³-hybridized carbons (Fsp3) is 1.00. The van der Waals surface area contributed by atoms with E-state index < -0.39 is 15.3 Å². The zero-order valence-corrected chi connectivity index (χ0v) is 9.44. The van der Waals surface area contributed by atoms with Crippen LogP contribution in [0.15, 0.2) is 0 Å². The molecule has 0 aromatic heterocycles. The van der Waals surface area contributed by atoms with Crippen molar-refractivity contribution in [3.63, 3.8) is 0 Å². The normalized spacial score (nSPS) is 7.73. The molecule has 0 spiro atoms. The summed E-state index contributed by atoms with van der Waals surface area (Å²) < 4.78 is 8.79. The maximum atomic E-state index is 8.79. The topological polar surface area (TPSA) is 57.5 Å². The van der Waals surface area contributed by atoms with E-state index in [0.717, 1.165) is 0 Å². The van der Waals surface area contributed by atoms with Crippen LogP contribution in [0.2, 0.25) is 0 Å². The number of aliphatic hydroxyl groups is 2. The zero-order chi connectivity index (χ0) is 9.86. The number of hydrogen-bond acceptors (Lipinski definition) is 3. The molecule has 0 saturated carbocycles. The van der Waals surface area contributed by atoms with Crippen molar-refractivity contribution in [3.8, 4) is 0 Å². The van der Waals surface area contributed by atoms with Crippen molar-refractivity contribution in [3.05, 3.63) is 0 Å². The fourth-order valence-electron chi connectivity index (χ4n) is 0. The summed E-state index contributed by atoms with van der Waals surface area (Å²) in [6.07, 6.45) is -0.333. The van der Waals surface area contributed by atoms with Gasteiger partial charge in [-0.05, 0) is 27.7 Å². The second kappa shape index (κ2) is 16.9. The third-order valence-corrected chi connectivity index (χ3v) is 0. The Labute approximate surface area is 79.2 Å². The van der Waals surface area contributed by atoms with E-state index in [1.165, 1.54) is 0 Å². The Morgan fingerprint density at radius 2 is 1.09 bits per heavy atom. The molecule has 0 amide bonds. The second-order valence-corrected chi connectivity index (χ2v) is 3.04. The van der Waals surface area contributed by atoms with Crippen LogP contribution in [-0.4, -0.2) is 22.4 Å². The van der Waals surface area contributed by atoms with Crippen LogP contribution >= 0.6 is 9.85 Å². The summed E-state index contributed by atoms with van der Waals surface area (Å²) in [5.74, 6) is 0. The van der Waals surface area contributed by atoms with Gasteiger partial charge in [-0.2, -0.15) is 0 Å².